The number of hydrogen-bond acceptors (Lipinski definition) is 2. The SMILES string of the molecule is CC(C)NC(=O)NCC#Cc1ccccc1N(C)C. The minimum atomic E-state index is -0.190. The van der Waals surface area contributed by atoms with E-state index in [1.807, 2.05) is 57.1 Å². The third-order valence-corrected chi connectivity index (χ3v) is 2.37. The highest BCUT2D eigenvalue weighted by molar-refractivity contribution is 5.74. The molecule has 0 radical (unpaired) electrons. The maximum absolute atomic E-state index is 11.3. The summed E-state index contributed by atoms with van der Waals surface area (Å²) in [6.45, 7) is 4.16. The highest BCUT2D eigenvalue weighted by Crippen LogP contribution is 2.16. The number of carbonyl (C=O) groups is 1. The molecule has 0 aliphatic rings. The molecule has 4 heteroatoms. The first-order valence-corrected chi connectivity index (χ1v) is 6.30. The van der Waals surface area contributed by atoms with Crippen molar-refractivity contribution in [3.8, 4) is 11.8 Å². The number of hydrogen-bond donors (Lipinski definition) is 2. The molecule has 102 valence electrons. The van der Waals surface area contributed by atoms with Gasteiger partial charge < -0.3 is 15.5 Å². The third kappa shape index (κ3) is 5.35. The van der Waals surface area contributed by atoms with Crippen LogP contribution in [0.2, 0.25) is 0 Å². The smallest absolute Gasteiger partial charge is 0.315 e. The van der Waals surface area contributed by atoms with Crippen molar-refractivity contribution in [3.05, 3.63) is 29.8 Å². The second-order valence-electron chi connectivity index (χ2n) is 4.70. The van der Waals surface area contributed by atoms with Crippen LogP contribution >= 0.6 is 0 Å². The van der Waals surface area contributed by atoms with E-state index in [0.29, 0.717) is 6.54 Å². The van der Waals surface area contributed by atoms with Gasteiger partial charge in [-0.1, -0.05) is 24.0 Å². The van der Waals surface area contributed by atoms with Gasteiger partial charge in [-0.3, -0.25) is 0 Å². The molecule has 0 aliphatic carbocycles. The molecule has 1 rings (SSSR count). The van der Waals surface area contributed by atoms with Crippen LogP contribution in [0.15, 0.2) is 24.3 Å². The van der Waals surface area contributed by atoms with Gasteiger partial charge in [0, 0.05) is 25.7 Å². The fraction of sp³-hybridized carbons (Fsp3) is 0.400. The van der Waals surface area contributed by atoms with Crippen LogP contribution in [0.25, 0.3) is 0 Å². The van der Waals surface area contributed by atoms with Crippen molar-refractivity contribution in [1.82, 2.24) is 10.6 Å². The zero-order valence-corrected chi connectivity index (χ0v) is 11.9. The Morgan fingerprint density at radius 2 is 2.00 bits per heavy atom. The Morgan fingerprint density at radius 3 is 2.63 bits per heavy atom. The predicted octanol–water partition coefficient (Wildman–Crippen LogP) is 1.81. The molecule has 0 heterocycles. The van der Waals surface area contributed by atoms with Gasteiger partial charge in [0.25, 0.3) is 0 Å². The number of urea groups is 1. The van der Waals surface area contributed by atoms with Crippen LogP contribution in [-0.2, 0) is 0 Å². The normalized spacial score (nSPS) is 9.53. The molecule has 0 atom stereocenters. The largest absolute Gasteiger partial charge is 0.377 e. The summed E-state index contributed by atoms with van der Waals surface area (Å²) >= 11 is 0. The minimum absolute atomic E-state index is 0.127. The van der Waals surface area contributed by atoms with Gasteiger partial charge in [0.2, 0.25) is 0 Å². The highest BCUT2D eigenvalue weighted by atomic mass is 16.2. The Hall–Kier alpha value is -2.15. The summed E-state index contributed by atoms with van der Waals surface area (Å²) in [7, 11) is 3.96. The monoisotopic (exact) mass is 259 g/mol. The molecule has 19 heavy (non-hydrogen) atoms. The van der Waals surface area contributed by atoms with Crippen LogP contribution in [0.4, 0.5) is 10.5 Å². The van der Waals surface area contributed by atoms with Crippen LogP contribution in [0, 0.1) is 11.8 Å². The van der Waals surface area contributed by atoms with Crippen LogP contribution < -0.4 is 15.5 Å². The Labute approximate surface area is 115 Å². The number of benzene rings is 1. The Morgan fingerprint density at radius 1 is 1.32 bits per heavy atom. The molecule has 2 N–H and O–H groups in total. The van der Waals surface area contributed by atoms with E-state index in [-0.39, 0.29) is 12.1 Å². The number of nitrogens with one attached hydrogen (secondary N) is 2. The topological polar surface area (TPSA) is 44.4 Å². The third-order valence-electron chi connectivity index (χ3n) is 2.37. The number of nitrogens with zero attached hydrogens (tertiary/aromatic N) is 1. The summed E-state index contributed by atoms with van der Waals surface area (Å²) in [6, 6.07) is 7.86. The lowest BCUT2D eigenvalue weighted by atomic mass is 10.1. The molecule has 1 aromatic carbocycles. The van der Waals surface area contributed by atoms with Crippen LogP contribution in [0.5, 0.6) is 0 Å². The van der Waals surface area contributed by atoms with Gasteiger partial charge in [-0.15, -0.1) is 0 Å². The quantitative estimate of drug-likeness (QED) is 0.813. The average molecular weight is 259 g/mol. The fourth-order valence-corrected chi connectivity index (χ4v) is 1.55. The molecular weight excluding hydrogens is 238 g/mol. The molecular formula is C15H21N3O. The maximum atomic E-state index is 11.3. The van der Waals surface area contributed by atoms with Crippen molar-refractivity contribution in [1.29, 1.82) is 0 Å². The Kier molecular flexibility index (Phi) is 5.74. The van der Waals surface area contributed by atoms with Gasteiger partial charge >= 0.3 is 6.03 Å². The molecule has 0 bridgehead atoms. The summed E-state index contributed by atoms with van der Waals surface area (Å²) in [5.41, 5.74) is 2.03. The Bertz CT molecular complexity index is 484. The number of rotatable bonds is 3. The van der Waals surface area contributed by atoms with Crippen LogP contribution in [0.1, 0.15) is 19.4 Å². The van der Waals surface area contributed by atoms with Crippen molar-refractivity contribution in [3.63, 3.8) is 0 Å². The molecule has 1 aromatic rings. The van der Waals surface area contributed by atoms with Gasteiger partial charge in [-0.25, -0.2) is 4.79 Å². The van der Waals surface area contributed by atoms with Crippen molar-refractivity contribution < 1.29 is 4.79 Å². The van der Waals surface area contributed by atoms with Crippen LogP contribution in [0.3, 0.4) is 0 Å². The lowest BCUT2D eigenvalue weighted by Gasteiger charge is -2.13. The van der Waals surface area contributed by atoms with E-state index in [1.54, 1.807) is 0 Å². The van der Waals surface area contributed by atoms with E-state index >= 15 is 0 Å². The number of anilines is 1. The summed E-state index contributed by atoms with van der Waals surface area (Å²) in [4.78, 5) is 13.4. The van der Waals surface area contributed by atoms with Gasteiger partial charge in [0.1, 0.15) is 0 Å². The lowest BCUT2D eigenvalue weighted by Crippen LogP contribution is -2.39. The zero-order chi connectivity index (χ0) is 14.3. The van der Waals surface area contributed by atoms with Gasteiger partial charge in [0.05, 0.1) is 12.2 Å². The van der Waals surface area contributed by atoms with Crippen molar-refractivity contribution >= 4 is 11.7 Å². The molecule has 0 saturated heterocycles. The van der Waals surface area contributed by atoms with Crippen molar-refractivity contribution in [2.45, 2.75) is 19.9 Å². The van der Waals surface area contributed by atoms with Gasteiger partial charge in [-0.05, 0) is 26.0 Å². The summed E-state index contributed by atoms with van der Waals surface area (Å²) < 4.78 is 0. The van der Waals surface area contributed by atoms with E-state index in [0.717, 1.165) is 11.3 Å². The maximum Gasteiger partial charge on any atom is 0.315 e. The van der Waals surface area contributed by atoms with Crippen molar-refractivity contribution in [2.24, 2.45) is 0 Å². The van der Waals surface area contributed by atoms with E-state index in [4.69, 9.17) is 0 Å². The minimum Gasteiger partial charge on any atom is -0.377 e. The predicted molar refractivity (Wildman–Crippen MR) is 79.3 cm³/mol. The van der Waals surface area contributed by atoms with E-state index in [1.165, 1.54) is 0 Å². The summed E-state index contributed by atoms with van der Waals surface area (Å²) in [6.07, 6.45) is 0. The van der Waals surface area contributed by atoms with Gasteiger partial charge in [-0.2, -0.15) is 0 Å². The Balaban J connectivity index is 2.57. The molecule has 0 aromatic heterocycles. The molecule has 2 amide bonds. The fourth-order valence-electron chi connectivity index (χ4n) is 1.55. The second kappa shape index (κ2) is 7.32. The van der Waals surface area contributed by atoms with Gasteiger partial charge in [0.15, 0.2) is 0 Å². The average Bonchev–Trinajstić information content (AvgIpc) is 2.34. The number of amides is 2. The number of carbonyl (C=O) groups excluding carboxylic acids is 1. The van der Waals surface area contributed by atoms with E-state index < -0.39 is 0 Å². The standard InChI is InChI=1S/C15H21N3O/c1-12(2)17-15(19)16-11-7-9-13-8-5-6-10-14(13)18(3)4/h5-6,8,10,12H,11H2,1-4H3,(H2,16,17,19). The summed E-state index contributed by atoms with van der Waals surface area (Å²) in [5, 5.41) is 5.44. The van der Waals surface area contributed by atoms with Crippen molar-refractivity contribution in [2.75, 3.05) is 25.5 Å². The summed E-state index contributed by atoms with van der Waals surface area (Å²) in [5.74, 6) is 6.02. The zero-order valence-electron chi connectivity index (χ0n) is 11.9. The second-order valence-corrected chi connectivity index (χ2v) is 4.70. The van der Waals surface area contributed by atoms with E-state index in [9.17, 15) is 4.79 Å². The van der Waals surface area contributed by atoms with E-state index in [2.05, 4.69) is 22.5 Å². The molecule has 0 saturated carbocycles. The number of para-hydroxylation sites is 1. The van der Waals surface area contributed by atoms with Crippen LogP contribution in [-0.4, -0.2) is 32.7 Å². The molecule has 0 unspecified atom stereocenters. The molecule has 4 nitrogen and oxygen atoms in total. The molecule has 0 fully saturated rings. The lowest BCUT2D eigenvalue weighted by molar-refractivity contribution is 0.240. The molecule has 0 aliphatic heterocycles. The highest BCUT2D eigenvalue weighted by Gasteiger charge is 2.01. The molecule has 0 spiro atoms. The first kappa shape index (κ1) is 14.9. The first-order chi connectivity index (χ1) is 9.00. The first-order valence-electron chi connectivity index (χ1n) is 6.30.